The van der Waals surface area contributed by atoms with Crippen molar-refractivity contribution < 1.29 is 14.3 Å². The third-order valence-corrected chi connectivity index (χ3v) is 5.95. The fourth-order valence-electron chi connectivity index (χ4n) is 3.75. The SMILES string of the molecule is O=C1/C(=C/c2ccccn2)Oc2c1ccc1c2CN(CCc2ccc(Cl)cc2Cl)CO1. The van der Waals surface area contributed by atoms with Crippen LogP contribution >= 0.6 is 23.2 Å². The van der Waals surface area contributed by atoms with E-state index in [0.29, 0.717) is 40.3 Å². The second kappa shape index (κ2) is 8.35. The molecule has 0 bridgehead atoms. The lowest BCUT2D eigenvalue weighted by molar-refractivity contribution is 0.0950. The van der Waals surface area contributed by atoms with Gasteiger partial charge >= 0.3 is 0 Å². The topological polar surface area (TPSA) is 51.7 Å². The molecule has 0 spiro atoms. The molecule has 2 aliphatic rings. The number of Topliss-reactive ketones (excluding diaryl/α,β-unsaturated/α-hetero) is 1. The second-order valence-corrected chi connectivity index (χ2v) is 8.27. The van der Waals surface area contributed by atoms with Crippen LogP contribution in [0.5, 0.6) is 11.5 Å². The van der Waals surface area contributed by atoms with Crippen LogP contribution in [0, 0.1) is 0 Å². The zero-order chi connectivity index (χ0) is 21.4. The Morgan fingerprint density at radius 2 is 2.03 bits per heavy atom. The molecule has 5 nitrogen and oxygen atoms in total. The minimum atomic E-state index is -0.145. The summed E-state index contributed by atoms with van der Waals surface area (Å²) in [6.45, 7) is 1.82. The van der Waals surface area contributed by atoms with Crippen molar-refractivity contribution in [1.82, 2.24) is 9.88 Å². The fraction of sp³-hybridized carbons (Fsp3) is 0.167. The third-order valence-electron chi connectivity index (χ3n) is 5.36. The van der Waals surface area contributed by atoms with Crippen molar-refractivity contribution in [3.8, 4) is 11.5 Å². The summed E-state index contributed by atoms with van der Waals surface area (Å²) < 4.78 is 11.9. The molecule has 7 heteroatoms. The highest BCUT2D eigenvalue weighted by molar-refractivity contribution is 6.35. The summed E-state index contributed by atoms with van der Waals surface area (Å²) in [4.78, 5) is 19.2. The number of hydrogen-bond acceptors (Lipinski definition) is 5. The van der Waals surface area contributed by atoms with E-state index < -0.39 is 0 Å². The minimum Gasteiger partial charge on any atom is -0.478 e. The Hall–Kier alpha value is -2.86. The fourth-order valence-corrected chi connectivity index (χ4v) is 4.25. The van der Waals surface area contributed by atoms with Gasteiger partial charge in [0.1, 0.15) is 18.2 Å². The normalized spacial score (nSPS) is 16.6. The van der Waals surface area contributed by atoms with Gasteiger partial charge in [0.25, 0.3) is 0 Å². The first kappa shape index (κ1) is 20.1. The highest BCUT2D eigenvalue weighted by atomic mass is 35.5. The van der Waals surface area contributed by atoms with Gasteiger partial charge in [-0.1, -0.05) is 35.3 Å². The number of rotatable bonds is 4. The number of nitrogens with zero attached hydrogens (tertiary/aromatic N) is 2. The monoisotopic (exact) mass is 452 g/mol. The van der Waals surface area contributed by atoms with Crippen molar-refractivity contribution in [2.75, 3.05) is 13.3 Å². The van der Waals surface area contributed by atoms with Crippen LogP contribution in [-0.2, 0) is 13.0 Å². The van der Waals surface area contributed by atoms with E-state index in [-0.39, 0.29) is 11.5 Å². The quantitative estimate of drug-likeness (QED) is 0.496. The van der Waals surface area contributed by atoms with Crippen LogP contribution in [0.1, 0.15) is 27.2 Å². The molecule has 31 heavy (non-hydrogen) atoms. The van der Waals surface area contributed by atoms with E-state index in [9.17, 15) is 4.79 Å². The van der Waals surface area contributed by atoms with Gasteiger partial charge in [0, 0.05) is 35.4 Å². The zero-order valence-electron chi connectivity index (χ0n) is 16.5. The van der Waals surface area contributed by atoms with Gasteiger partial charge < -0.3 is 9.47 Å². The number of carbonyl (C=O) groups is 1. The molecule has 1 aromatic heterocycles. The molecule has 5 rings (SSSR count). The average molecular weight is 453 g/mol. The van der Waals surface area contributed by atoms with Gasteiger partial charge in [-0.3, -0.25) is 14.7 Å². The van der Waals surface area contributed by atoms with Crippen LogP contribution in [0.4, 0.5) is 0 Å². The van der Waals surface area contributed by atoms with Crippen molar-refractivity contribution in [2.24, 2.45) is 0 Å². The molecule has 0 atom stereocenters. The predicted octanol–water partition coefficient (Wildman–Crippen LogP) is 5.40. The lowest BCUT2D eigenvalue weighted by Gasteiger charge is -2.29. The number of carbonyl (C=O) groups excluding carboxylic acids is 1. The Bertz CT molecular complexity index is 1190. The Kier molecular flexibility index (Phi) is 5.40. The molecule has 2 aliphatic heterocycles. The maximum atomic E-state index is 12.8. The first-order valence-corrected chi connectivity index (χ1v) is 10.6. The number of fused-ring (bicyclic) bond motifs is 3. The lowest BCUT2D eigenvalue weighted by Crippen LogP contribution is -2.33. The molecule has 0 saturated carbocycles. The van der Waals surface area contributed by atoms with Crippen LogP contribution in [-0.4, -0.2) is 28.9 Å². The first-order chi connectivity index (χ1) is 15.1. The van der Waals surface area contributed by atoms with E-state index in [2.05, 4.69) is 9.88 Å². The third kappa shape index (κ3) is 4.04. The molecule has 0 aliphatic carbocycles. The summed E-state index contributed by atoms with van der Waals surface area (Å²) in [5, 5.41) is 1.28. The average Bonchev–Trinajstić information content (AvgIpc) is 3.09. The smallest absolute Gasteiger partial charge is 0.232 e. The molecule has 0 radical (unpaired) electrons. The van der Waals surface area contributed by atoms with Gasteiger partial charge in [-0.05, 0) is 48.4 Å². The van der Waals surface area contributed by atoms with Crippen molar-refractivity contribution in [2.45, 2.75) is 13.0 Å². The number of hydrogen-bond donors (Lipinski definition) is 0. The summed E-state index contributed by atoms with van der Waals surface area (Å²) in [5.41, 5.74) is 3.13. The predicted molar refractivity (Wildman–Crippen MR) is 120 cm³/mol. The molecule has 0 unspecified atom stereocenters. The van der Waals surface area contributed by atoms with Gasteiger partial charge in [-0.2, -0.15) is 0 Å². The highest BCUT2D eigenvalue weighted by Crippen LogP contribution is 2.42. The van der Waals surface area contributed by atoms with E-state index in [0.717, 1.165) is 29.8 Å². The number of aromatic nitrogens is 1. The number of allylic oxidation sites excluding steroid dienone is 1. The molecule has 0 fully saturated rings. The highest BCUT2D eigenvalue weighted by Gasteiger charge is 2.33. The molecule has 0 N–H and O–H groups in total. The van der Waals surface area contributed by atoms with Crippen LogP contribution in [0.25, 0.3) is 6.08 Å². The standard InChI is InChI=1S/C24H18Cl2N2O3/c25-16-5-4-15(20(26)11-16)8-10-28-13-19-21(30-14-28)7-6-18-23(29)22(31-24(18)19)12-17-3-1-2-9-27-17/h1-7,9,11-12H,8,10,13-14H2/b22-12-. The Labute approximate surface area is 189 Å². The largest absolute Gasteiger partial charge is 0.478 e. The molecule has 3 aromatic rings. The van der Waals surface area contributed by atoms with Gasteiger partial charge in [0.05, 0.1) is 16.8 Å². The second-order valence-electron chi connectivity index (χ2n) is 7.43. The van der Waals surface area contributed by atoms with Crippen LogP contribution in [0.2, 0.25) is 10.0 Å². The molecule has 3 heterocycles. The first-order valence-electron chi connectivity index (χ1n) is 9.89. The molecular formula is C24H18Cl2N2O3. The van der Waals surface area contributed by atoms with Gasteiger partial charge in [-0.15, -0.1) is 0 Å². The van der Waals surface area contributed by atoms with Gasteiger partial charge in [0.2, 0.25) is 5.78 Å². The number of pyridine rings is 1. The molecule has 0 saturated heterocycles. The summed E-state index contributed by atoms with van der Waals surface area (Å²) in [6.07, 6.45) is 4.10. The van der Waals surface area contributed by atoms with E-state index >= 15 is 0 Å². The maximum absolute atomic E-state index is 12.8. The van der Waals surface area contributed by atoms with Crippen molar-refractivity contribution in [1.29, 1.82) is 0 Å². The maximum Gasteiger partial charge on any atom is 0.232 e. The van der Waals surface area contributed by atoms with Crippen molar-refractivity contribution >= 4 is 35.1 Å². The minimum absolute atomic E-state index is 0.145. The Balaban J connectivity index is 1.36. The number of benzene rings is 2. The molecule has 0 amide bonds. The molecule has 156 valence electrons. The van der Waals surface area contributed by atoms with E-state index in [4.69, 9.17) is 32.7 Å². The van der Waals surface area contributed by atoms with Gasteiger partial charge in [-0.25, -0.2) is 0 Å². The van der Waals surface area contributed by atoms with E-state index in [1.54, 1.807) is 24.4 Å². The lowest BCUT2D eigenvalue weighted by atomic mass is 10.0. The summed E-state index contributed by atoms with van der Waals surface area (Å²) in [7, 11) is 0. The van der Waals surface area contributed by atoms with Crippen LogP contribution < -0.4 is 9.47 Å². The Morgan fingerprint density at radius 1 is 1.13 bits per heavy atom. The number of ketones is 1. The van der Waals surface area contributed by atoms with Crippen molar-refractivity contribution in [3.05, 3.63) is 92.9 Å². The van der Waals surface area contributed by atoms with Gasteiger partial charge in [0.15, 0.2) is 5.76 Å². The molecular weight excluding hydrogens is 435 g/mol. The zero-order valence-corrected chi connectivity index (χ0v) is 18.0. The van der Waals surface area contributed by atoms with E-state index in [1.165, 1.54) is 0 Å². The summed E-state index contributed by atoms with van der Waals surface area (Å²) >= 11 is 12.3. The summed E-state index contributed by atoms with van der Waals surface area (Å²) in [6, 6.07) is 14.7. The molecule has 2 aromatic carbocycles. The number of ether oxygens (including phenoxy) is 2. The summed E-state index contributed by atoms with van der Waals surface area (Å²) in [5.74, 6) is 1.44. The van der Waals surface area contributed by atoms with Crippen LogP contribution in [0.3, 0.4) is 0 Å². The number of halogens is 2. The van der Waals surface area contributed by atoms with E-state index in [1.807, 2.05) is 36.4 Å². The Morgan fingerprint density at radius 3 is 2.84 bits per heavy atom. The van der Waals surface area contributed by atoms with Crippen molar-refractivity contribution in [3.63, 3.8) is 0 Å². The van der Waals surface area contributed by atoms with Crippen LogP contribution in [0.15, 0.2) is 60.5 Å².